The second-order valence-corrected chi connectivity index (χ2v) is 7.77. The van der Waals surface area contributed by atoms with Gasteiger partial charge >= 0.3 is 0 Å². The molecule has 0 saturated heterocycles. The quantitative estimate of drug-likeness (QED) is 0.485. The number of nitrogens with one attached hydrogen (secondary N) is 3. The molecule has 0 unspecified atom stereocenters. The Hall–Kier alpha value is -3.72. The lowest BCUT2D eigenvalue weighted by molar-refractivity contribution is -0.122. The molecule has 0 fully saturated rings. The molecule has 0 atom stereocenters. The van der Waals surface area contributed by atoms with Crippen LogP contribution in [0.25, 0.3) is 0 Å². The smallest absolute Gasteiger partial charge is 0.267 e. The van der Waals surface area contributed by atoms with Crippen LogP contribution in [0.4, 0.5) is 14.5 Å². The Labute approximate surface area is 201 Å². The van der Waals surface area contributed by atoms with E-state index in [0.717, 1.165) is 16.8 Å². The van der Waals surface area contributed by atoms with Crippen LogP contribution in [0.5, 0.6) is 0 Å². The molecule has 0 saturated carbocycles. The minimum Gasteiger partial charge on any atom is -0.354 e. The minimum atomic E-state index is -0.292. The van der Waals surface area contributed by atoms with Gasteiger partial charge < -0.3 is 20.5 Å². The van der Waals surface area contributed by atoms with E-state index in [2.05, 4.69) is 16.0 Å². The molecule has 2 heterocycles. The van der Waals surface area contributed by atoms with Gasteiger partial charge in [-0.15, -0.1) is 0 Å². The summed E-state index contributed by atoms with van der Waals surface area (Å²) in [7, 11) is 1.51. The van der Waals surface area contributed by atoms with Crippen molar-refractivity contribution in [2.75, 3.05) is 12.4 Å². The molecule has 180 valence electrons. The predicted octanol–water partition coefficient (Wildman–Crippen LogP) is 3.97. The SMILES string of the molecule is CNC(=O)c1cc(NC=O)c2n1CC(=O)NC2.Cc1cc(F)cc(Cl)c1.Cc1ccc(F)cc1. The molecule has 34 heavy (non-hydrogen) atoms. The summed E-state index contributed by atoms with van der Waals surface area (Å²) >= 11 is 5.51. The molecule has 1 aromatic heterocycles. The molecular formula is C24H25ClF2N4O3. The van der Waals surface area contributed by atoms with Crippen LogP contribution in [0, 0.1) is 25.5 Å². The highest BCUT2D eigenvalue weighted by Crippen LogP contribution is 2.23. The first-order chi connectivity index (χ1) is 16.1. The first-order valence-corrected chi connectivity index (χ1v) is 10.6. The maximum atomic E-state index is 12.3. The molecule has 0 spiro atoms. The molecule has 2 aromatic carbocycles. The Kier molecular flexibility index (Phi) is 9.76. The molecule has 0 radical (unpaired) electrons. The number of benzene rings is 2. The van der Waals surface area contributed by atoms with E-state index in [9.17, 15) is 23.2 Å². The van der Waals surface area contributed by atoms with Crippen molar-refractivity contribution >= 4 is 35.5 Å². The lowest BCUT2D eigenvalue weighted by Gasteiger charge is -2.18. The Morgan fingerprint density at radius 1 is 1.06 bits per heavy atom. The van der Waals surface area contributed by atoms with Crippen LogP contribution in [0.2, 0.25) is 5.02 Å². The third-order valence-corrected chi connectivity index (χ3v) is 4.87. The van der Waals surface area contributed by atoms with E-state index >= 15 is 0 Å². The lowest BCUT2D eigenvalue weighted by Crippen LogP contribution is -2.36. The standard InChI is InChI=1S/C10H12N4O3.C7H6ClF.C7H7F/c1-11-10(17)7-2-6(13-5-15)8-3-12-9(16)4-14(7)8;1-5-2-6(8)4-7(9)3-5;1-6-2-4-7(8)5-3-6/h2,5H,3-4H2,1H3,(H,11,17)(H,12,16)(H,13,15);2-4H,1H3;2-5H,1H3. The monoisotopic (exact) mass is 490 g/mol. The van der Waals surface area contributed by atoms with Gasteiger partial charge in [0.1, 0.15) is 23.9 Å². The number of aryl methyl sites for hydroxylation is 2. The third-order valence-electron chi connectivity index (χ3n) is 4.66. The summed E-state index contributed by atoms with van der Waals surface area (Å²) in [5, 5.41) is 8.12. The number of carbonyl (C=O) groups excluding carboxylic acids is 3. The Morgan fingerprint density at radius 3 is 2.26 bits per heavy atom. The number of hydrogen-bond acceptors (Lipinski definition) is 3. The van der Waals surface area contributed by atoms with E-state index in [1.54, 1.807) is 35.8 Å². The highest BCUT2D eigenvalue weighted by atomic mass is 35.5. The maximum absolute atomic E-state index is 12.3. The fourth-order valence-corrected chi connectivity index (χ4v) is 3.35. The van der Waals surface area contributed by atoms with Crippen molar-refractivity contribution in [3.63, 3.8) is 0 Å². The van der Waals surface area contributed by atoms with E-state index < -0.39 is 0 Å². The first-order valence-electron chi connectivity index (χ1n) is 10.2. The summed E-state index contributed by atoms with van der Waals surface area (Å²) in [5.41, 5.74) is 3.56. The summed E-state index contributed by atoms with van der Waals surface area (Å²) in [6.07, 6.45) is 0.542. The Morgan fingerprint density at radius 2 is 1.74 bits per heavy atom. The van der Waals surface area contributed by atoms with Crippen LogP contribution in [-0.4, -0.2) is 29.8 Å². The van der Waals surface area contributed by atoms with Crippen molar-refractivity contribution in [1.82, 2.24) is 15.2 Å². The molecular weight excluding hydrogens is 466 g/mol. The van der Waals surface area contributed by atoms with E-state index in [0.29, 0.717) is 29.4 Å². The van der Waals surface area contributed by atoms with Crippen LogP contribution in [0.1, 0.15) is 27.3 Å². The number of carbonyl (C=O) groups is 3. The number of fused-ring (bicyclic) bond motifs is 1. The lowest BCUT2D eigenvalue weighted by atomic mass is 10.2. The van der Waals surface area contributed by atoms with Crippen molar-refractivity contribution in [3.8, 4) is 0 Å². The van der Waals surface area contributed by atoms with Crippen molar-refractivity contribution in [1.29, 1.82) is 0 Å². The molecule has 4 rings (SSSR count). The van der Waals surface area contributed by atoms with Crippen LogP contribution in [0.15, 0.2) is 48.5 Å². The third kappa shape index (κ3) is 7.70. The summed E-state index contributed by atoms with van der Waals surface area (Å²) in [6, 6.07) is 12.4. The number of nitrogens with zero attached hydrogens (tertiary/aromatic N) is 1. The number of halogens is 3. The molecule has 1 aliphatic rings. The normalized spacial score (nSPS) is 11.5. The van der Waals surface area contributed by atoms with Gasteiger partial charge in [0.25, 0.3) is 5.91 Å². The zero-order valence-electron chi connectivity index (χ0n) is 18.9. The molecule has 3 N–H and O–H groups in total. The van der Waals surface area contributed by atoms with Gasteiger partial charge in [-0.25, -0.2) is 8.78 Å². The van der Waals surface area contributed by atoms with Crippen molar-refractivity contribution in [2.24, 2.45) is 0 Å². The summed E-state index contributed by atoms with van der Waals surface area (Å²) in [5.74, 6) is -0.897. The minimum absolute atomic E-state index is 0.0820. The van der Waals surface area contributed by atoms with Crippen LogP contribution >= 0.6 is 11.6 Å². The largest absolute Gasteiger partial charge is 0.354 e. The Bertz CT molecular complexity index is 1090. The molecule has 1 aliphatic heterocycles. The van der Waals surface area contributed by atoms with Gasteiger partial charge in [-0.3, -0.25) is 14.4 Å². The second-order valence-electron chi connectivity index (χ2n) is 7.34. The molecule has 3 aromatic rings. The van der Waals surface area contributed by atoms with Gasteiger partial charge in [-0.05, 0) is 55.8 Å². The maximum Gasteiger partial charge on any atom is 0.267 e. The van der Waals surface area contributed by atoms with Crippen molar-refractivity contribution in [2.45, 2.75) is 26.9 Å². The number of rotatable bonds is 3. The van der Waals surface area contributed by atoms with Crippen molar-refractivity contribution < 1.29 is 23.2 Å². The molecule has 7 nitrogen and oxygen atoms in total. The van der Waals surface area contributed by atoms with E-state index in [4.69, 9.17) is 11.6 Å². The molecule has 3 amide bonds. The molecule has 10 heteroatoms. The van der Waals surface area contributed by atoms with Crippen LogP contribution in [-0.2, 0) is 22.7 Å². The Balaban J connectivity index is 0.000000201. The van der Waals surface area contributed by atoms with E-state index in [1.165, 1.54) is 31.3 Å². The highest BCUT2D eigenvalue weighted by Gasteiger charge is 2.24. The fourth-order valence-electron chi connectivity index (χ4n) is 3.07. The summed E-state index contributed by atoms with van der Waals surface area (Å²) in [4.78, 5) is 33.4. The zero-order chi connectivity index (χ0) is 25.3. The number of anilines is 1. The van der Waals surface area contributed by atoms with Gasteiger partial charge in [0.15, 0.2) is 0 Å². The van der Waals surface area contributed by atoms with Crippen LogP contribution in [0.3, 0.4) is 0 Å². The van der Waals surface area contributed by atoms with Crippen LogP contribution < -0.4 is 16.0 Å². The van der Waals surface area contributed by atoms with Gasteiger partial charge in [0.05, 0.1) is 17.9 Å². The summed E-state index contributed by atoms with van der Waals surface area (Å²) < 4.78 is 26.0. The van der Waals surface area contributed by atoms with Gasteiger partial charge in [0.2, 0.25) is 12.3 Å². The fraction of sp³-hybridized carbons (Fsp3) is 0.208. The second kappa shape index (κ2) is 12.5. The average molecular weight is 491 g/mol. The van der Waals surface area contributed by atoms with Gasteiger partial charge in [-0.2, -0.15) is 0 Å². The zero-order valence-corrected chi connectivity index (χ0v) is 19.7. The van der Waals surface area contributed by atoms with E-state index in [-0.39, 0.29) is 30.0 Å². The summed E-state index contributed by atoms with van der Waals surface area (Å²) in [6.45, 7) is 4.11. The van der Waals surface area contributed by atoms with Gasteiger partial charge in [-0.1, -0.05) is 29.3 Å². The molecule has 0 bridgehead atoms. The highest BCUT2D eigenvalue weighted by molar-refractivity contribution is 6.30. The van der Waals surface area contributed by atoms with E-state index in [1.807, 2.05) is 6.92 Å². The number of amides is 3. The number of hydrogen-bond donors (Lipinski definition) is 3. The topological polar surface area (TPSA) is 92.2 Å². The number of aromatic nitrogens is 1. The first kappa shape index (κ1) is 26.5. The molecule has 0 aliphatic carbocycles. The van der Waals surface area contributed by atoms with Crippen molar-refractivity contribution in [3.05, 3.63) is 87.7 Å². The van der Waals surface area contributed by atoms with Gasteiger partial charge in [0, 0.05) is 12.1 Å². The average Bonchev–Trinajstić information content (AvgIpc) is 3.13. The predicted molar refractivity (Wildman–Crippen MR) is 127 cm³/mol.